The molecule has 0 aliphatic carbocycles. The average Bonchev–Trinajstić information content (AvgIpc) is 2.34. The molecule has 100 valence electrons. The predicted molar refractivity (Wildman–Crippen MR) is 77.6 cm³/mol. The van der Waals surface area contributed by atoms with Crippen LogP contribution < -0.4 is 5.73 Å². The van der Waals surface area contributed by atoms with Crippen molar-refractivity contribution in [2.24, 2.45) is 0 Å². The van der Waals surface area contributed by atoms with Crippen molar-refractivity contribution in [3.05, 3.63) is 29.3 Å². The normalized spacial score (nSPS) is 18.4. The first kappa shape index (κ1) is 13.4. The summed E-state index contributed by atoms with van der Waals surface area (Å²) < 4.78 is 0. The third-order valence-electron chi connectivity index (χ3n) is 4.08. The van der Waals surface area contributed by atoms with E-state index >= 15 is 0 Å². The number of nitrogens with two attached hydrogens (primary N) is 1. The summed E-state index contributed by atoms with van der Waals surface area (Å²) >= 11 is 0. The van der Waals surface area contributed by atoms with E-state index in [0.29, 0.717) is 0 Å². The maximum absolute atomic E-state index is 5.86. The first-order valence-electron chi connectivity index (χ1n) is 6.80. The van der Waals surface area contributed by atoms with Crippen LogP contribution in [0.4, 0.5) is 5.69 Å². The average molecular weight is 247 g/mol. The summed E-state index contributed by atoms with van der Waals surface area (Å²) in [5.74, 6) is 0. The van der Waals surface area contributed by atoms with E-state index in [9.17, 15) is 0 Å². The zero-order valence-corrected chi connectivity index (χ0v) is 11.8. The largest absolute Gasteiger partial charge is 0.399 e. The lowest BCUT2D eigenvalue weighted by Gasteiger charge is -2.35. The summed E-state index contributed by atoms with van der Waals surface area (Å²) in [5, 5.41) is 0. The van der Waals surface area contributed by atoms with Crippen molar-refractivity contribution in [2.45, 2.75) is 32.4 Å². The van der Waals surface area contributed by atoms with E-state index in [2.05, 4.69) is 43.0 Å². The molecule has 1 aliphatic heterocycles. The van der Waals surface area contributed by atoms with E-state index in [1.54, 1.807) is 0 Å². The van der Waals surface area contributed by atoms with Gasteiger partial charge in [-0.2, -0.15) is 0 Å². The SMILES string of the molecule is Cc1cc(CN(C)C2CCN(C)CC2)ccc1N. The first-order chi connectivity index (χ1) is 8.56. The van der Waals surface area contributed by atoms with Crippen molar-refractivity contribution in [2.75, 3.05) is 32.9 Å². The molecule has 0 atom stereocenters. The highest BCUT2D eigenvalue weighted by Crippen LogP contribution is 2.18. The maximum atomic E-state index is 5.86. The molecular formula is C15H25N3. The number of aryl methyl sites for hydroxylation is 1. The molecule has 0 amide bonds. The molecule has 1 heterocycles. The fourth-order valence-corrected chi connectivity index (χ4v) is 2.69. The van der Waals surface area contributed by atoms with E-state index in [4.69, 9.17) is 5.73 Å². The fourth-order valence-electron chi connectivity index (χ4n) is 2.69. The van der Waals surface area contributed by atoms with E-state index in [0.717, 1.165) is 18.3 Å². The molecule has 1 aliphatic rings. The number of hydrogen-bond acceptors (Lipinski definition) is 3. The Labute approximate surface area is 111 Å². The van der Waals surface area contributed by atoms with E-state index < -0.39 is 0 Å². The van der Waals surface area contributed by atoms with Gasteiger partial charge >= 0.3 is 0 Å². The molecule has 0 saturated carbocycles. The lowest BCUT2D eigenvalue weighted by Crippen LogP contribution is -2.41. The van der Waals surface area contributed by atoms with Crippen molar-refractivity contribution in [1.82, 2.24) is 9.80 Å². The van der Waals surface area contributed by atoms with Gasteiger partial charge in [0.2, 0.25) is 0 Å². The minimum absolute atomic E-state index is 0.721. The zero-order valence-electron chi connectivity index (χ0n) is 11.8. The quantitative estimate of drug-likeness (QED) is 0.830. The van der Waals surface area contributed by atoms with Crippen LogP contribution in [0, 0.1) is 6.92 Å². The summed E-state index contributed by atoms with van der Waals surface area (Å²) in [6.45, 7) is 5.54. The molecule has 18 heavy (non-hydrogen) atoms. The van der Waals surface area contributed by atoms with Gasteiger partial charge in [-0.25, -0.2) is 0 Å². The van der Waals surface area contributed by atoms with Gasteiger partial charge in [0.15, 0.2) is 0 Å². The number of piperidine rings is 1. The highest BCUT2D eigenvalue weighted by Gasteiger charge is 2.20. The van der Waals surface area contributed by atoms with Gasteiger partial charge in [0.25, 0.3) is 0 Å². The fraction of sp³-hybridized carbons (Fsp3) is 0.600. The van der Waals surface area contributed by atoms with Crippen LogP contribution in [0.5, 0.6) is 0 Å². The molecule has 0 spiro atoms. The number of rotatable bonds is 3. The van der Waals surface area contributed by atoms with Crippen LogP contribution in [0.15, 0.2) is 18.2 Å². The van der Waals surface area contributed by atoms with Crippen LogP contribution in [0.25, 0.3) is 0 Å². The molecule has 0 bridgehead atoms. The summed E-state index contributed by atoms with van der Waals surface area (Å²) in [7, 11) is 4.45. The minimum atomic E-state index is 0.721. The zero-order chi connectivity index (χ0) is 13.1. The number of likely N-dealkylation sites (tertiary alicyclic amines) is 1. The summed E-state index contributed by atoms with van der Waals surface area (Å²) in [6.07, 6.45) is 2.56. The molecule has 1 fully saturated rings. The number of nitrogen functional groups attached to an aromatic ring is 1. The molecule has 2 rings (SSSR count). The molecule has 0 aromatic heterocycles. The molecule has 3 nitrogen and oxygen atoms in total. The monoisotopic (exact) mass is 247 g/mol. The number of anilines is 1. The van der Waals surface area contributed by atoms with Crippen molar-refractivity contribution >= 4 is 5.69 Å². The third kappa shape index (κ3) is 3.24. The van der Waals surface area contributed by atoms with Gasteiger partial charge in [0.1, 0.15) is 0 Å². The second-order valence-electron chi connectivity index (χ2n) is 5.64. The summed E-state index contributed by atoms with van der Waals surface area (Å²) in [4.78, 5) is 4.90. The lowest BCUT2D eigenvalue weighted by atomic mass is 10.0. The van der Waals surface area contributed by atoms with Gasteiger partial charge in [0, 0.05) is 18.3 Å². The molecule has 0 unspecified atom stereocenters. The van der Waals surface area contributed by atoms with Gasteiger partial charge < -0.3 is 10.6 Å². The number of benzene rings is 1. The van der Waals surface area contributed by atoms with Crippen LogP contribution >= 0.6 is 0 Å². The highest BCUT2D eigenvalue weighted by atomic mass is 15.2. The molecule has 1 aromatic carbocycles. The highest BCUT2D eigenvalue weighted by molar-refractivity contribution is 5.47. The Bertz CT molecular complexity index is 395. The van der Waals surface area contributed by atoms with Crippen LogP contribution in [0.2, 0.25) is 0 Å². The van der Waals surface area contributed by atoms with Gasteiger partial charge in [0.05, 0.1) is 0 Å². The Morgan fingerprint density at radius 2 is 2.00 bits per heavy atom. The second kappa shape index (κ2) is 5.72. The molecule has 3 heteroatoms. The molecular weight excluding hydrogens is 222 g/mol. The van der Waals surface area contributed by atoms with Gasteiger partial charge in [-0.1, -0.05) is 12.1 Å². The Balaban J connectivity index is 1.94. The number of hydrogen-bond donors (Lipinski definition) is 1. The standard InChI is InChI=1S/C15H25N3/c1-12-10-13(4-5-15(12)16)11-18(3)14-6-8-17(2)9-7-14/h4-5,10,14H,6-9,11,16H2,1-3H3. The number of nitrogens with zero attached hydrogens (tertiary/aromatic N) is 2. The minimum Gasteiger partial charge on any atom is -0.399 e. The van der Waals surface area contributed by atoms with E-state index in [1.807, 2.05) is 6.07 Å². The Hall–Kier alpha value is -1.06. The van der Waals surface area contributed by atoms with Gasteiger partial charge in [-0.15, -0.1) is 0 Å². The smallest absolute Gasteiger partial charge is 0.0343 e. The predicted octanol–water partition coefficient (Wildman–Crippen LogP) is 2.10. The lowest BCUT2D eigenvalue weighted by molar-refractivity contribution is 0.139. The van der Waals surface area contributed by atoms with E-state index in [-0.39, 0.29) is 0 Å². The summed E-state index contributed by atoms with van der Waals surface area (Å²) in [6, 6.07) is 7.10. The van der Waals surface area contributed by atoms with Crippen molar-refractivity contribution < 1.29 is 0 Å². The van der Waals surface area contributed by atoms with Gasteiger partial charge in [-0.3, -0.25) is 4.90 Å². The summed E-state index contributed by atoms with van der Waals surface area (Å²) in [5.41, 5.74) is 9.30. The van der Waals surface area contributed by atoms with Crippen molar-refractivity contribution in [1.29, 1.82) is 0 Å². The van der Waals surface area contributed by atoms with Crippen LogP contribution in [-0.2, 0) is 6.54 Å². The molecule has 0 radical (unpaired) electrons. The Morgan fingerprint density at radius 3 is 2.61 bits per heavy atom. The maximum Gasteiger partial charge on any atom is 0.0343 e. The van der Waals surface area contributed by atoms with Crippen molar-refractivity contribution in [3.63, 3.8) is 0 Å². The van der Waals surface area contributed by atoms with Crippen LogP contribution in [0.3, 0.4) is 0 Å². The topological polar surface area (TPSA) is 32.5 Å². The molecule has 1 aromatic rings. The Morgan fingerprint density at radius 1 is 1.33 bits per heavy atom. The first-order valence-corrected chi connectivity index (χ1v) is 6.80. The van der Waals surface area contributed by atoms with Gasteiger partial charge in [-0.05, 0) is 64.1 Å². The Kier molecular flexibility index (Phi) is 4.25. The van der Waals surface area contributed by atoms with E-state index in [1.165, 1.54) is 37.1 Å². The van der Waals surface area contributed by atoms with Crippen molar-refractivity contribution in [3.8, 4) is 0 Å². The second-order valence-corrected chi connectivity index (χ2v) is 5.64. The third-order valence-corrected chi connectivity index (χ3v) is 4.08. The molecule has 2 N–H and O–H groups in total. The molecule has 1 saturated heterocycles. The van der Waals surface area contributed by atoms with Crippen LogP contribution in [0.1, 0.15) is 24.0 Å². The van der Waals surface area contributed by atoms with Crippen LogP contribution in [-0.4, -0.2) is 43.0 Å².